The Morgan fingerprint density at radius 3 is 2.37 bits per heavy atom. The van der Waals surface area contributed by atoms with Gasteiger partial charge < -0.3 is 10.4 Å². The highest BCUT2D eigenvalue weighted by atomic mass is 19.2. The molecule has 0 radical (unpaired) electrons. The van der Waals surface area contributed by atoms with E-state index in [4.69, 9.17) is 11.5 Å². The third-order valence-corrected chi connectivity index (χ3v) is 2.34. The summed E-state index contributed by atoms with van der Waals surface area (Å²) in [5.74, 6) is -2.64. The maximum absolute atomic E-state index is 13.1. The number of halogens is 2. The van der Waals surface area contributed by atoms with Gasteiger partial charge >= 0.3 is 5.97 Å². The molecule has 0 aliphatic heterocycles. The largest absolute Gasteiger partial charge is 0.478 e. The van der Waals surface area contributed by atoms with Gasteiger partial charge in [0.25, 0.3) is 5.91 Å². The van der Waals surface area contributed by atoms with Crippen molar-refractivity contribution in [2.24, 2.45) is 0 Å². The Kier molecular flexibility index (Phi) is 4.59. The highest BCUT2D eigenvalue weighted by Gasteiger charge is 2.21. The first kappa shape index (κ1) is 14.6. The average molecular weight is 267 g/mol. The molecule has 1 unspecified atom stereocenters. The van der Waals surface area contributed by atoms with E-state index in [2.05, 4.69) is 11.2 Å². The fourth-order valence-electron chi connectivity index (χ4n) is 1.44. The fourth-order valence-corrected chi connectivity index (χ4v) is 1.44. The molecule has 0 aromatic heterocycles. The molecule has 0 aliphatic carbocycles. The molecule has 4 nitrogen and oxygen atoms in total. The van der Waals surface area contributed by atoms with Crippen LogP contribution >= 0.6 is 0 Å². The van der Waals surface area contributed by atoms with Crippen LogP contribution in [0.1, 0.15) is 34.1 Å². The third-order valence-electron chi connectivity index (χ3n) is 2.34. The molecule has 0 heterocycles. The van der Waals surface area contributed by atoms with Gasteiger partial charge in [0.15, 0.2) is 11.6 Å². The second-order valence-corrected chi connectivity index (χ2v) is 3.90. The van der Waals surface area contributed by atoms with Gasteiger partial charge in [-0.05, 0) is 19.1 Å². The summed E-state index contributed by atoms with van der Waals surface area (Å²) in [6.07, 6.45) is 5.29. The molecular weight excluding hydrogens is 256 g/mol. The van der Waals surface area contributed by atoms with Crippen molar-refractivity contribution in [3.05, 3.63) is 34.9 Å². The zero-order chi connectivity index (χ0) is 14.6. The van der Waals surface area contributed by atoms with Crippen LogP contribution in [-0.2, 0) is 0 Å². The molecule has 1 atom stereocenters. The first-order valence-electron chi connectivity index (χ1n) is 5.33. The van der Waals surface area contributed by atoms with Gasteiger partial charge in [-0.3, -0.25) is 4.79 Å². The van der Waals surface area contributed by atoms with E-state index in [1.165, 1.54) is 0 Å². The normalized spacial score (nSPS) is 11.5. The van der Waals surface area contributed by atoms with Crippen LogP contribution in [-0.4, -0.2) is 23.0 Å². The van der Waals surface area contributed by atoms with Crippen molar-refractivity contribution in [2.45, 2.75) is 19.4 Å². The quantitative estimate of drug-likeness (QED) is 0.817. The Labute approximate surface area is 108 Å². The van der Waals surface area contributed by atoms with E-state index in [9.17, 15) is 18.4 Å². The average Bonchev–Trinajstić information content (AvgIpc) is 2.31. The van der Waals surface area contributed by atoms with Crippen molar-refractivity contribution >= 4 is 11.9 Å². The van der Waals surface area contributed by atoms with Crippen molar-refractivity contribution < 1.29 is 23.5 Å². The molecule has 0 saturated carbocycles. The molecule has 19 heavy (non-hydrogen) atoms. The maximum atomic E-state index is 13.1. The van der Waals surface area contributed by atoms with Crippen molar-refractivity contribution in [1.82, 2.24) is 5.32 Å². The van der Waals surface area contributed by atoms with Gasteiger partial charge in [0.2, 0.25) is 0 Å². The lowest BCUT2D eigenvalue weighted by molar-refractivity contribution is 0.0689. The molecule has 1 amide bonds. The van der Waals surface area contributed by atoms with E-state index in [1.54, 1.807) is 6.92 Å². The first-order chi connectivity index (χ1) is 8.86. The molecular formula is C13H11F2NO3. The van der Waals surface area contributed by atoms with Crippen molar-refractivity contribution in [3.8, 4) is 12.3 Å². The van der Waals surface area contributed by atoms with Gasteiger partial charge in [-0.1, -0.05) is 0 Å². The van der Waals surface area contributed by atoms with Crippen LogP contribution < -0.4 is 5.32 Å². The van der Waals surface area contributed by atoms with Crippen LogP contribution in [0.3, 0.4) is 0 Å². The third kappa shape index (κ3) is 3.52. The van der Waals surface area contributed by atoms with Gasteiger partial charge in [0, 0.05) is 12.5 Å². The summed E-state index contributed by atoms with van der Waals surface area (Å²) in [5, 5.41) is 11.3. The topological polar surface area (TPSA) is 66.4 Å². The first-order valence-corrected chi connectivity index (χ1v) is 5.33. The predicted molar refractivity (Wildman–Crippen MR) is 63.7 cm³/mol. The van der Waals surface area contributed by atoms with Gasteiger partial charge in [-0.2, -0.15) is 0 Å². The number of benzene rings is 1. The fraction of sp³-hybridized carbons (Fsp3) is 0.231. The van der Waals surface area contributed by atoms with Crippen LogP contribution in [0, 0.1) is 24.0 Å². The van der Waals surface area contributed by atoms with E-state index in [1.807, 2.05) is 0 Å². The number of nitrogens with one attached hydrogen (secondary N) is 1. The van der Waals surface area contributed by atoms with Crippen LogP contribution in [0.4, 0.5) is 8.78 Å². The molecule has 0 spiro atoms. The zero-order valence-corrected chi connectivity index (χ0v) is 10.0. The highest BCUT2D eigenvalue weighted by molar-refractivity contribution is 6.04. The molecule has 1 aromatic rings. The number of carbonyl (C=O) groups excluding carboxylic acids is 1. The van der Waals surface area contributed by atoms with E-state index in [-0.39, 0.29) is 6.42 Å². The number of aromatic carboxylic acids is 1. The van der Waals surface area contributed by atoms with Gasteiger partial charge in [0.05, 0.1) is 11.1 Å². The van der Waals surface area contributed by atoms with E-state index in [0.717, 1.165) is 0 Å². The lowest BCUT2D eigenvalue weighted by Crippen LogP contribution is -2.33. The number of terminal acetylenes is 1. The van der Waals surface area contributed by atoms with Crippen molar-refractivity contribution in [1.29, 1.82) is 0 Å². The second kappa shape index (κ2) is 5.96. The number of rotatable bonds is 4. The molecule has 100 valence electrons. The smallest absolute Gasteiger partial charge is 0.336 e. The molecule has 0 saturated heterocycles. The second-order valence-electron chi connectivity index (χ2n) is 3.90. The van der Waals surface area contributed by atoms with Crippen LogP contribution in [0.15, 0.2) is 12.1 Å². The summed E-state index contributed by atoms with van der Waals surface area (Å²) >= 11 is 0. The minimum atomic E-state index is -1.52. The molecule has 2 N–H and O–H groups in total. The number of hydrogen-bond donors (Lipinski definition) is 2. The van der Waals surface area contributed by atoms with Gasteiger partial charge in [-0.15, -0.1) is 12.3 Å². The number of hydrogen-bond acceptors (Lipinski definition) is 2. The Balaban J connectivity index is 3.12. The predicted octanol–water partition coefficient (Wildman–Crippen LogP) is 1.80. The van der Waals surface area contributed by atoms with Gasteiger partial charge in [-0.25, -0.2) is 13.6 Å². The summed E-state index contributed by atoms with van der Waals surface area (Å²) in [7, 11) is 0. The monoisotopic (exact) mass is 267 g/mol. The van der Waals surface area contributed by atoms with Crippen LogP contribution in [0.2, 0.25) is 0 Å². The SMILES string of the molecule is C#CCC(C)NC(=O)c1cc(F)c(F)cc1C(=O)O. The molecule has 1 aromatic carbocycles. The molecule has 6 heteroatoms. The van der Waals surface area contributed by atoms with E-state index in [0.29, 0.717) is 12.1 Å². The summed E-state index contributed by atoms with van der Waals surface area (Å²) in [5.41, 5.74) is -1.06. The summed E-state index contributed by atoms with van der Waals surface area (Å²) in [6.45, 7) is 1.61. The van der Waals surface area contributed by atoms with Crippen LogP contribution in [0.25, 0.3) is 0 Å². The molecule has 0 fully saturated rings. The lowest BCUT2D eigenvalue weighted by Gasteiger charge is -2.12. The summed E-state index contributed by atoms with van der Waals surface area (Å²) in [6, 6.07) is 0.613. The Hall–Kier alpha value is -2.42. The highest BCUT2D eigenvalue weighted by Crippen LogP contribution is 2.15. The molecule has 1 rings (SSSR count). The summed E-state index contributed by atoms with van der Waals surface area (Å²) in [4.78, 5) is 22.7. The van der Waals surface area contributed by atoms with Crippen LogP contribution in [0.5, 0.6) is 0 Å². The minimum absolute atomic E-state index is 0.234. The minimum Gasteiger partial charge on any atom is -0.478 e. The van der Waals surface area contributed by atoms with Gasteiger partial charge in [0.1, 0.15) is 0 Å². The molecule has 0 bridgehead atoms. The molecule has 0 aliphatic rings. The Bertz CT molecular complexity index is 564. The number of carboxylic acids is 1. The lowest BCUT2D eigenvalue weighted by atomic mass is 10.1. The standard InChI is InChI=1S/C13H11F2NO3/c1-3-4-7(2)16-12(17)8-5-10(14)11(15)6-9(8)13(18)19/h1,5-7H,4H2,2H3,(H,16,17)(H,18,19). The zero-order valence-electron chi connectivity index (χ0n) is 10.0. The van der Waals surface area contributed by atoms with Crippen molar-refractivity contribution in [3.63, 3.8) is 0 Å². The van der Waals surface area contributed by atoms with E-state index >= 15 is 0 Å². The number of amides is 1. The Morgan fingerprint density at radius 2 is 1.89 bits per heavy atom. The van der Waals surface area contributed by atoms with E-state index < -0.39 is 40.7 Å². The maximum Gasteiger partial charge on any atom is 0.336 e. The number of carboxylic acid groups (broad SMARTS) is 1. The summed E-state index contributed by atoms with van der Waals surface area (Å²) < 4.78 is 26.1. The van der Waals surface area contributed by atoms with Crippen molar-refractivity contribution in [2.75, 3.05) is 0 Å². The Morgan fingerprint density at radius 1 is 1.37 bits per heavy atom. The number of carbonyl (C=O) groups is 2.